The third kappa shape index (κ3) is 3.35. The predicted molar refractivity (Wildman–Crippen MR) is 81.9 cm³/mol. The van der Waals surface area contributed by atoms with Crippen molar-refractivity contribution < 1.29 is 4.79 Å². The van der Waals surface area contributed by atoms with E-state index in [2.05, 4.69) is 38.0 Å². The second-order valence-corrected chi connectivity index (χ2v) is 5.55. The molecule has 2 rings (SSSR count). The summed E-state index contributed by atoms with van der Waals surface area (Å²) in [5.74, 6) is 0.631. The first-order valence-electron chi connectivity index (χ1n) is 7.26. The quantitative estimate of drug-likeness (QED) is 0.744. The van der Waals surface area contributed by atoms with Crippen LogP contribution in [-0.4, -0.2) is 16.1 Å². The van der Waals surface area contributed by atoms with E-state index in [1.165, 1.54) is 5.56 Å². The average Bonchev–Trinajstić information content (AvgIpc) is 2.88. The van der Waals surface area contributed by atoms with Gasteiger partial charge in [0.25, 0.3) is 0 Å². The van der Waals surface area contributed by atoms with Crippen LogP contribution in [0.4, 0.5) is 0 Å². The van der Waals surface area contributed by atoms with Crippen molar-refractivity contribution in [3.8, 4) is 11.3 Å². The highest BCUT2D eigenvalue weighted by atomic mass is 16.1. The fourth-order valence-corrected chi connectivity index (χ4v) is 2.15. The maximum Gasteiger partial charge on any atom is 0.153 e. The van der Waals surface area contributed by atoms with Crippen LogP contribution in [0, 0.1) is 5.92 Å². The van der Waals surface area contributed by atoms with Crippen LogP contribution in [0.15, 0.2) is 30.5 Å². The van der Waals surface area contributed by atoms with Crippen molar-refractivity contribution in [1.82, 2.24) is 9.78 Å². The number of carbonyl (C=O) groups excluding carboxylic acids is 1. The lowest BCUT2D eigenvalue weighted by Gasteiger charge is -2.04. The van der Waals surface area contributed by atoms with Gasteiger partial charge in [-0.15, -0.1) is 0 Å². The van der Waals surface area contributed by atoms with E-state index in [1.54, 1.807) is 0 Å². The molecule has 0 unspecified atom stereocenters. The summed E-state index contributed by atoms with van der Waals surface area (Å²) in [5, 5.41) is 4.56. The zero-order valence-electron chi connectivity index (χ0n) is 12.5. The van der Waals surface area contributed by atoms with Crippen LogP contribution in [0.3, 0.4) is 0 Å². The molecular weight excluding hydrogens is 248 g/mol. The summed E-state index contributed by atoms with van der Waals surface area (Å²) in [5.41, 5.74) is 3.75. The smallest absolute Gasteiger partial charge is 0.153 e. The van der Waals surface area contributed by atoms with Crippen LogP contribution in [0.5, 0.6) is 0 Å². The highest BCUT2D eigenvalue weighted by Crippen LogP contribution is 2.22. The summed E-state index contributed by atoms with van der Waals surface area (Å²) in [4.78, 5) is 11.2. The highest BCUT2D eigenvalue weighted by Gasteiger charge is 2.10. The molecule has 0 radical (unpaired) electrons. The number of carbonyl (C=O) groups is 1. The van der Waals surface area contributed by atoms with Gasteiger partial charge in [-0.2, -0.15) is 5.10 Å². The number of nitrogens with zero attached hydrogens (tertiary/aromatic N) is 2. The van der Waals surface area contributed by atoms with E-state index in [0.29, 0.717) is 11.5 Å². The standard InChI is InChI=1S/C17H22N2O/c1-4-14-5-7-15(8-6-14)17-16(12-20)11-19(18-17)10-9-13(2)3/h5-8,11-13H,4,9-10H2,1-3H3. The average molecular weight is 270 g/mol. The Morgan fingerprint density at radius 3 is 2.50 bits per heavy atom. The summed E-state index contributed by atoms with van der Waals surface area (Å²) in [7, 11) is 0. The third-order valence-corrected chi connectivity index (χ3v) is 3.49. The summed E-state index contributed by atoms with van der Waals surface area (Å²) < 4.78 is 1.88. The second kappa shape index (κ2) is 6.51. The molecule has 1 heterocycles. The first-order valence-corrected chi connectivity index (χ1v) is 7.26. The molecule has 0 saturated carbocycles. The van der Waals surface area contributed by atoms with Crippen molar-refractivity contribution in [3.05, 3.63) is 41.6 Å². The van der Waals surface area contributed by atoms with Crippen LogP contribution in [0.1, 0.15) is 43.1 Å². The number of hydrogen-bond acceptors (Lipinski definition) is 2. The largest absolute Gasteiger partial charge is 0.298 e. The molecule has 0 bridgehead atoms. The van der Waals surface area contributed by atoms with Gasteiger partial charge in [-0.05, 0) is 24.3 Å². The van der Waals surface area contributed by atoms with Crippen LogP contribution < -0.4 is 0 Å². The van der Waals surface area contributed by atoms with E-state index in [-0.39, 0.29) is 0 Å². The van der Waals surface area contributed by atoms with Gasteiger partial charge < -0.3 is 0 Å². The molecule has 0 spiro atoms. The Labute approximate surface area is 120 Å². The molecule has 0 N–H and O–H groups in total. The number of aromatic nitrogens is 2. The minimum absolute atomic E-state index is 0.631. The van der Waals surface area contributed by atoms with Gasteiger partial charge >= 0.3 is 0 Å². The summed E-state index contributed by atoms with van der Waals surface area (Å²) in [6, 6.07) is 8.27. The zero-order valence-corrected chi connectivity index (χ0v) is 12.5. The minimum atomic E-state index is 0.631. The molecule has 3 nitrogen and oxygen atoms in total. The number of hydrogen-bond donors (Lipinski definition) is 0. The maximum absolute atomic E-state index is 11.2. The molecule has 0 aliphatic carbocycles. The van der Waals surface area contributed by atoms with E-state index < -0.39 is 0 Å². The van der Waals surface area contributed by atoms with Crippen LogP contribution in [-0.2, 0) is 13.0 Å². The van der Waals surface area contributed by atoms with Gasteiger partial charge in [0.1, 0.15) is 5.69 Å². The minimum Gasteiger partial charge on any atom is -0.298 e. The van der Waals surface area contributed by atoms with E-state index in [9.17, 15) is 4.79 Å². The molecular formula is C17H22N2O. The molecule has 1 aromatic carbocycles. The topological polar surface area (TPSA) is 34.9 Å². The van der Waals surface area contributed by atoms with Gasteiger partial charge in [0.05, 0.1) is 5.56 Å². The summed E-state index contributed by atoms with van der Waals surface area (Å²) in [6.07, 6.45) is 4.82. The monoisotopic (exact) mass is 270 g/mol. The van der Waals surface area contributed by atoms with Gasteiger partial charge in [-0.25, -0.2) is 0 Å². The number of aryl methyl sites for hydroxylation is 2. The molecule has 106 valence electrons. The molecule has 2 aromatic rings. The van der Waals surface area contributed by atoms with Gasteiger partial charge in [-0.1, -0.05) is 45.0 Å². The Bertz CT molecular complexity index is 567. The van der Waals surface area contributed by atoms with Gasteiger partial charge in [-0.3, -0.25) is 9.48 Å². The van der Waals surface area contributed by atoms with E-state index >= 15 is 0 Å². The van der Waals surface area contributed by atoms with Crippen molar-refractivity contribution in [3.63, 3.8) is 0 Å². The Morgan fingerprint density at radius 2 is 1.95 bits per heavy atom. The van der Waals surface area contributed by atoms with Crippen molar-refractivity contribution >= 4 is 6.29 Å². The van der Waals surface area contributed by atoms with Crippen LogP contribution in [0.25, 0.3) is 11.3 Å². The molecule has 0 atom stereocenters. The SMILES string of the molecule is CCc1ccc(-c2nn(CCC(C)C)cc2C=O)cc1. The van der Waals surface area contributed by atoms with Crippen molar-refractivity contribution in [2.45, 2.75) is 40.2 Å². The molecule has 0 saturated heterocycles. The van der Waals surface area contributed by atoms with Gasteiger partial charge in [0.15, 0.2) is 6.29 Å². The molecule has 20 heavy (non-hydrogen) atoms. The summed E-state index contributed by atoms with van der Waals surface area (Å²) in [6.45, 7) is 7.36. The van der Waals surface area contributed by atoms with E-state index in [0.717, 1.165) is 36.9 Å². The normalized spacial score (nSPS) is 11.0. The number of benzene rings is 1. The molecule has 1 aromatic heterocycles. The molecule has 0 amide bonds. The molecule has 0 aliphatic rings. The highest BCUT2D eigenvalue weighted by molar-refractivity contribution is 5.85. The van der Waals surface area contributed by atoms with Gasteiger partial charge in [0, 0.05) is 18.3 Å². The van der Waals surface area contributed by atoms with Crippen molar-refractivity contribution in [2.24, 2.45) is 5.92 Å². The second-order valence-electron chi connectivity index (χ2n) is 5.55. The zero-order chi connectivity index (χ0) is 14.5. The number of aldehydes is 1. The Balaban J connectivity index is 2.27. The van der Waals surface area contributed by atoms with E-state index in [1.807, 2.05) is 23.0 Å². The predicted octanol–water partition coefficient (Wildman–Crippen LogP) is 3.97. The molecule has 0 fully saturated rings. The fourth-order valence-electron chi connectivity index (χ4n) is 2.15. The van der Waals surface area contributed by atoms with Crippen molar-refractivity contribution in [2.75, 3.05) is 0 Å². The Hall–Kier alpha value is -1.90. The van der Waals surface area contributed by atoms with E-state index in [4.69, 9.17) is 0 Å². The summed E-state index contributed by atoms with van der Waals surface area (Å²) >= 11 is 0. The lowest BCUT2D eigenvalue weighted by Crippen LogP contribution is -2.02. The first-order chi connectivity index (χ1) is 9.63. The lowest BCUT2D eigenvalue weighted by molar-refractivity contribution is 0.112. The maximum atomic E-state index is 11.2. The lowest BCUT2D eigenvalue weighted by atomic mass is 10.1. The van der Waals surface area contributed by atoms with Crippen molar-refractivity contribution in [1.29, 1.82) is 0 Å². The number of rotatable bonds is 6. The molecule has 3 heteroatoms. The third-order valence-electron chi connectivity index (χ3n) is 3.49. The van der Waals surface area contributed by atoms with Gasteiger partial charge in [0.2, 0.25) is 0 Å². The Morgan fingerprint density at radius 1 is 1.25 bits per heavy atom. The first kappa shape index (κ1) is 14.5. The van der Waals surface area contributed by atoms with Crippen LogP contribution >= 0.6 is 0 Å². The Kier molecular flexibility index (Phi) is 4.72. The van der Waals surface area contributed by atoms with Crippen LogP contribution in [0.2, 0.25) is 0 Å². The fraction of sp³-hybridized carbons (Fsp3) is 0.412. The molecule has 0 aliphatic heterocycles.